The zero-order chi connectivity index (χ0) is 15.8. The van der Waals surface area contributed by atoms with Crippen LogP contribution in [0.2, 0.25) is 5.02 Å². The van der Waals surface area contributed by atoms with E-state index in [4.69, 9.17) is 16.3 Å². The average molecular weight is 318 g/mol. The summed E-state index contributed by atoms with van der Waals surface area (Å²) in [5.74, 6) is 0. The van der Waals surface area contributed by atoms with Crippen LogP contribution in [-0.2, 0) is 11.2 Å². The Kier molecular flexibility index (Phi) is 6.75. The summed E-state index contributed by atoms with van der Waals surface area (Å²) in [5, 5.41) is 4.30. The van der Waals surface area contributed by atoms with Crippen LogP contribution in [0, 0.1) is 0 Å². The number of rotatable bonds is 8. The van der Waals surface area contributed by atoms with Crippen LogP contribution in [0.5, 0.6) is 0 Å². The Hall–Kier alpha value is -1.51. The maximum Gasteiger partial charge on any atom is 0.0505 e. The first-order valence-electron chi connectivity index (χ1n) is 7.87. The highest BCUT2D eigenvalue weighted by Crippen LogP contribution is 2.35. The Labute approximate surface area is 138 Å². The molecular weight excluding hydrogens is 294 g/mol. The van der Waals surface area contributed by atoms with E-state index in [0.29, 0.717) is 0 Å². The minimum absolute atomic E-state index is 0.787. The van der Waals surface area contributed by atoms with E-state index in [1.807, 2.05) is 12.1 Å². The first kappa shape index (κ1) is 16.9. The van der Waals surface area contributed by atoms with Gasteiger partial charge in [-0.05, 0) is 42.5 Å². The molecule has 0 amide bonds. The van der Waals surface area contributed by atoms with Crippen LogP contribution < -0.4 is 5.32 Å². The molecular formula is C19H24ClNO. The number of hydrogen-bond donors (Lipinski definition) is 1. The van der Waals surface area contributed by atoms with E-state index >= 15 is 0 Å². The monoisotopic (exact) mass is 317 g/mol. The van der Waals surface area contributed by atoms with Crippen molar-refractivity contribution in [2.75, 3.05) is 25.6 Å². The number of anilines is 1. The van der Waals surface area contributed by atoms with Crippen LogP contribution >= 0.6 is 11.6 Å². The lowest BCUT2D eigenvalue weighted by Crippen LogP contribution is -2.04. The van der Waals surface area contributed by atoms with Crippen molar-refractivity contribution in [2.24, 2.45) is 0 Å². The maximum atomic E-state index is 6.46. The minimum atomic E-state index is 0.787. The third-order valence-electron chi connectivity index (χ3n) is 3.73. The lowest BCUT2D eigenvalue weighted by molar-refractivity contribution is 0.194. The van der Waals surface area contributed by atoms with Gasteiger partial charge in [-0.15, -0.1) is 0 Å². The molecule has 0 aromatic heterocycles. The van der Waals surface area contributed by atoms with Gasteiger partial charge in [0.2, 0.25) is 0 Å². The van der Waals surface area contributed by atoms with E-state index in [1.165, 1.54) is 11.1 Å². The summed E-state index contributed by atoms with van der Waals surface area (Å²) in [6.45, 7) is 3.90. The summed E-state index contributed by atoms with van der Waals surface area (Å²) in [7, 11) is 1.74. The van der Waals surface area contributed by atoms with E-state index in [0.717, 1.165) is 48.7 Å². The number of nitrogens with one attached hydrogen (secondary N) is 1. The highest BCUT2D eigenvalue weighted by molar-refractivity contribution is 6.34. The fraction of sp³-hybridized carbons (Fsp3) is 0.368. The smallest absolute Gasteiger partial charge is 0.0505 e. The second-order valence-electron chi connectivity index (χ2n) is 5.34. The minimum Gasteiger partial charge on any atom is -0.385 e. The predicted molar refractivity (Wildman–Crippen MR) is 95.9 cm³/mol. The van der Waals surface area contributed by atoms with Gasteiger partial charge in [-0.3, -0.25) is 0 Å². The second kappa shape index (κ2) is 8.82. The highest BCUT2D eigenvalue weighted by atomic mass is 35.5. The number of halogens is 1. The van der Waals surface area contributed by atoms with Gasteiger partial charge in [0.05, 0.1) is 5.02 Å². The third-order valence-corrected chi connectivity index (χ3v) is 4.04. The molecule has 0 aliphatic carbocycles. The van der Waals surface area contributed by atoms with E-state index in [9.17, 15) is 0 Å². The van der Waals surface area contributed by atoms with E-state index in [-0.39, 0.29) is 0 Å². The molecule has 0 aliphatic rings. The fourth-order valence-electron chi connectivity index (χ4n) is 2.51. The summed E-state index contributed by atoms with van der Waals surface area (Å²) in [4.78, 5) is 0. The summed E-state index contributed by atoms with van der Waals surface area (Å²) in [6, 6.07) is 14.6. The molecule has 0 saturated carbocycles. The molecule has 0 saturated heterocycles. The lowest BCUT2D eigenvalue weighted by Gasteiger charge is -2.14. The van der Waals surface area contributed by atoms with Crippen molar-refractivity contribution in [3.63, 3.8) is 0 Å². The van der Waals surface area contributed by atoms with Gasteiger partial charge in [-0.1, -0.05) is 48.9 Å². The standard InChI is InChI=1S/C19H24ClNO/c1-3-15-8-6-9-16(14-15)19-17(20)10-7-11-18(19)21-12-4-5-13-22-2/h6-11,14,21H,3-5,12-13H2,1-2H3. The van der Waals surface area contributed by atoms with Crippen LogP contribution in [0.1, 0.15) is 25.3 Å². The lowest BCUT2D eigenvalue weighted by atomic mass is 10.00. The van der Waals surface area contributed by atoms with E-state index in [2.05, 4.69) is 42.6 Å². The fourth-order valence-corrected chi connectivity index (χ4v) is 2.79. The first-order valence-corrected chi connectivity index (χ1v) is 8.24. The summed E-state index contributed by atoms with van der Waals surface area (Å²) in [5.41, 5.74) is 4.68. The van der Waals surface area contributed by atoms with Gasteiger partial charge in [0.1, 0.15) is 0 Å². The number of unbranched alkanes of at least 4 members (excludes halogenated alkanes) is 1. The number of ether oxygens (including phenoxy) is 1. The summed E-state index contributed by atoms with van der Waals surface area (Å²) >= 11 is 6.46. The predicted octanol–water partition coefficient (Wildman–Crippen LogP) is 5.41. The quantitative estimate of drug-likeness (QED) is 0.657. The molecule has 118 valence electrons. The zero-order valence-corrected chi connectivity index (χ0v) is 14.1. The highest BCUT2D eigenvalue weighted by Gasteiger charge is 2.09. The molecule has 0 bridgehead atoms. The Morgan fingerprint density at radius 2 is 1.91 bits per heavy atom. The average Bonchev–Trinajstić information content (AvgIpc) is 2.55. The van der Waals surface area contributed by atoms with Gasteiger partial charge in [0.15, 0.2) is 0 Å². The Balaban J connectivity index is 2.19. The van der Waals surface area contributed by atoms with Crippen molar-refractivity contribution in [1.29, 1.82) is 0 Å². The Morgan fingerprint density at radius 1 is 1.09 bits per heavy atom. The zero-order valence-electron chi connectivity index (χ0n) is 13.4. The van der Waals surface area contributed by atoms with Crippen molar-refractivity contribution >= 4 is 17.3 Å². The molecule has 2 rings (SSSR count). The molecule has 2 aromatic carbocycles. The van der Waals surface area contributed by atoms with E-state index in [1.54, 1.807) is 7.11 Å². The maximum absolute atomic E-state index is 6.46. The van der Waals surface area contributed by atoms with Gasteiger partial charge >= 0.3 is 0 Å². The van der Waals surface area contributed by atoms with Crippen molar-refractivity contribution in [2.45, 2.75) is 26.2 Å². The molecule has 2 nitrogen and oxygen atoms in total. The van der Waals surface area contributed by atoms with Crippen molar-refractivity contribution in [1.82, 2.24) is 0 Å². The molecule has 0 fully saturated rings. The van der Waals surface area contributed by atoms with Gasteiger partial charge in [-0.2, -0.15) is 0 Å². The molecule has 3 heteroatoms. The largest absolute Gasteiger partial charge is 0.385 e. The van der Waals surface area contributed by atoms with E-state index < -0.39 is 0 Å². The molecule has 22 heavy (non-hydrogen) atoms. The van der Waals surface area contributed by atoms with Crippen molar-refractivity contribution in [3.05, 3.63) is 53.1 Å². The molecule has 0 radical (unpaired) electrons. The van der Waals surface area contributed by atoms with Crippen molar-refractivity contribution in [3.8, 4) is 11.1 Å². The number of hydrogen-bond acceptors (Lipinski definition) is 2. The molecule has 1 N–H and O–H groups in total. The summed E-state index contributed by atoms with van der Waals surface area (Å²) < 4.78 is 5.08. The second-order valence-corrected chi connectivity index (χ2v) is 5.75. The Bertz CT molecular complexity index is 598. The van der Waals surface area contributed by atoms with Crippen LogP contribution in [-0.4, -0.2) is 20.3 Å². The molecule has 2 aromatic rings. The van der Waals surface area contributed by atoms with Crippen LogP contribution in [0.25, 0.3) is 11.1 Å². The normalized spacial score (nSPS) is 10.7. The number of methoxy groups -OCH3 is 1. The van der Waals surface area contributed by atoms with Gasteiger partial charge < -0.3 is 10.1 Å². The van der Waals surface area contributed by atoms with Gasteiger partial charge in [-0.25, -0.2) is 0 Å². The van der Waals surface area contributed by atoms with Crippen LogP contribution in [0.15, 0.2) is 42.5 Å². The number of aryl methyl sites for hydroxylation is 1. The SMILES string of the molecule is CCc1cccc(-c2c(Cl)cccc2NCCCCOC)c1. The molecule has 0 aliphatic heterocycles. The Morgan fingerprint density at radius 3 is 2.68 bits per heavy atom. The molecule has 0 spiro atoms. The van der Waals surface area contributed by atoms with Gasteiger partial charge in [0.25, 0.3) is 0 Å². The molecule has 0 heterocycles. The van der Waals surface area contributed by atoms with Crippen molar-refractivity contribution < 1.29 is 4.74 Å². The third kappa shape index (κ3) is 4.49. The molecule has 0 atom stereocenters. The number of benzene rings is 2. The van der Waals surface area contributed by atoms with Gasteiger partial charge in [0, 0.05) is 31.5 Å². The first-order chi connectivity index (χ1) is 10.8. The summed E-state index contributed by atoms with van der Waals surface area (Å²) in [6.07, 6.45) is 3.16. The molecule has 0 unspecified atom stereocenters. The van der Waals surface area contributed by atoms with Crippen LogP contribution in [0.4, 0.5) is 5.69 Å². The topological polar surface area (TPSA) is 21.3 Å². The van der Waals surface area contributed by atoms with Crippen LogP contribution in [0.3, 0.4) is 0 Å².